The molecule has 0 bridgehead atoms. The predicted octanol–water partition coefficient (Wildman–Crippen LogP) is 4.09. The molecule has 0 spiro atoms. The number of nitrogens with two attached hydrogens (primary N) is 1. The first-order valence-electron chi connectivity index (χ1n) is 6.29. The first-order valence-corrected chi connectivity index (χ1v) is 6.67. The summed E-state index contributed by atoms with van der Waals surface area (Å²) < 4.78 is 0. The van der Waals surface area contributed by atoms with E-state index in [9.17, 15) is 0 Å². The number of hydrogen-bond acceptors (Lipinski definition) is 4. The summed E-state index contributed by atoms with van der Waals surface area (Å²) >= 11 is 6.17. The lowest BCUT2D eigenvalue weighted by atomic mass is 10.1. The summed E-state index contributed by atoms with van der Waals surface area (Å²) in [6.07, 6.45) is 1.68. The number of para-hydroxylation sites is 1. The second kappa shape index (κ2) is 5.31. The maximum atomic E-state index is 8.98. The summed E-state index contributed by atoms with van der Waals surface area (Å²) in [5.41, 5.74) is 9.34. The smallest absolute Gasteiger partial charge is 0.0992 e. The van der Waals surface area contributed by atoms with Crippen molar-refractivity contribution in [1.82, 2.24) is 4.98 Å². The maximum Gasteiger partial charge on any atom is 0.0992 e. The van der Waals surface area contributed by atoms with Crippen molar-refractivity contribution < 1.29 is 0 Å². The summed E-state index contributed by atoms with van der Waals surface area (Å²) in [6, 6.07) is 14.6. The lowest BCUT2D eigenvalue weighted by Crippen LogP contribution is -1.96. The quantitative estimate of drug-likeness (QED) is 0.698. The van der Waals surface area contributed by atoms with Crippen LogP contribution in [0.15, 0.2) is 48.7 Å². The molecule has 3 rings (SSSR count). The van der Waals surface area contributed by atoms with E-state index in [1.54, 1.807) is 24.4 Å². The minimum Gasteiger partial charge on any atom is -0.397 e. The molecule has 1 aromatic heterocycles. The molecule has 0 amide bonds. The fourth-order valence-corrected chi connectivity index (χ4v) is 2.31. The summed E-state index contributed by atoms with van der Waals surface area (Å²) in [6.45, 7) is 0. The van der Waals surface area contributed by atoms with Gasteiger partial charge in [-0.15, -0.1) is 0 Å². The molecule has 0 radical (unpaired) electrons. The number of nitrogen functional groups attached to an aromatic ring is 1. The fraction of sp³-hybridized carbons (Fsp3) is 0. The zero-order valence-electron chi connectivity index (χ0n) is 11.0. The molecule has 0 saturated heterocycles. The highest BCUT2D eigenvalue weighted by molar-refractivity contribution is 6.33. The number of fused-ring (bicyclic) bond motifs is 1. The maximum absolute atomic E-state index is 8.98. The van der Waals surface area contributed by atoms with Crippen LogP contribution >= 0.6 is 11.6 Å². The zero-order chi connectivity index (χ0) is 14.8. The summed E-state index contributed by atoms with van der Waals surface area (Å²) in [5, 5.41) is 13.7. The van der Waals surface area contributed by atoms with E-state index in [4.69, 9.17) is 22.6 Å². The Balaban J connectivity index is 2.11. The Labute approximate surface area is 126 Å². The summed E-state index contributed by atoms with van der Waals surface area (Å²) in [5.74, 6) is 0. The fourth-order valence-electron chi connectivity index (χ4n) is 2.14. The predicted molar refractivity (Wildman–Crippen MR) is 85.6 cm³/mol. The Bertz CT molecular complexity index is 868. The number of aromatic nitrogens is 1. The second-order valence-corrected chi connectivity index (χ2v) is 4.94. The Morgan fingerprint density at radius 2 is 2.00 bits per heavy atom. The van der Waals surface area contributed by atoms with Crippen LogP contribution in [-0.2, 0) is 0 Å². The van der Waals surface area contributed by atoms with Gasteiger partial charge in [0.25, 0.3) is 0 Å². The molecule has 2 aromatic carbocycles. The molecule has 21 heavy (non-hydrogen) atoms. The molecule has 1 heterocycles. The number of pyridine rings is 1. The SMILES string of the molecule is N#Cc1ccc(Cl)c(Nc2ccnc3c(N)cccc23)c1. The van der Waals surface area contributed by atoms with Crippen LogP contribution in [0.25, 0.3) is 10.9 Å². The standard InChI is InChI=1S/C16H11ClN4/c17-12-5-4-10(9-18)8-15(12)21-14-6-7-20-16-11(14)2-1-3-13(16)19/h1-8H,19H2,(H,20,21). The summed E-state index contributed by atoms with van der Waals surface area (Å²) in [7, 11) is 0. The molecule has 3 aromatic rings. The second-order valence-electron chi connectivity index (χ2n) is 4.53. The first kappa shape index (κ1) is 13.2. The lowest BCUT2D eigenvalue weighted by Gasteiger charge is -2.12. The number of nitriles is 1. The van der Waals surface area contributed by atoms with Gasteiger partial charge in [0.15, 0.2) is 0 Å². The van der Waals surface area contributed by atoms with Crippen molar-refractivity contribution in [2.24, 2.45) is 0 Å². The van der Waals surface area contributed by atoms with E-state index in [0.29, 0.717) is 22.0 Å². The van der Waals surface area contributed by atoms with E-state index < -0.39 is 0 Å². The molecule has 5 heteroatoms. The third-order valence-electron chi connectivity index (χ3n) is 3.17. The number of halogens is 1. The molecule has 0 unspecified atom stereocenters. The van der Waals surface area contributed by atoms with Gasteiger partial charge < -0.3 is 11.1 Å². The topological polar surface area (TPSA) is 74.7 Å². The largest absolute Gasteiger partial charge is 0.397 e. The number of benzene rings is 2. The monoisotopic (exact) mass is 294 g/mol. The van der Waals surface area contributed by atoms with Gasteiger partial charge in [0.05, 0.1) is 33.5 Å². The van der Waals surface area contributed by atoms with Gasteiger partial charge in [0.2, 0.25) is 0 Å². The van der Waals surface area contributed by atoms with Crippen LogP contribution in [0.4, 0.5) is 17.1 Å². The number of hydrogen-bond donors (Lipinski definition) is 2. The van der Waals surface area contributed by atoms with Crippen molar-refractivity contribution in [3.05, 3.63) is 59.2 Å². The van der Waals surface area contributed by atoms with E-state index in [2.05, 4.69) is 16.4 Å². The Hall–Kier alpha value is -2.77. The van der Waals surface area contributed by atoms with E-state index >= 15 is 0 Å². The van der Waals surface area contributed by atoms with Crippen LogP contribution in [0, 0.1) is 11.3 Å². The molecule has 0 aliphatic heterocycles. The summed E-state index contributed by atoms with van der Waals surface area (Å²) in [4.78, 5) is 4.29. The number of nitrogens with one attached hydrogen (secondary N) is 1. The molecule has 0 fully saturated rings. The van der Waals surface area contributed by atoms with Gasteiger partial charge in [0.1, 0.15) is 0 Å². The van der Waals surface area contributed by atoms with Crippen LogP contribution in [-0.4, -0.2) is 4.98 Å². The Morgan fingerprint density at radius 1 is 1.14 bits per heavy atom. The van der Waals surface area contributed by atoms with Crippen molar-refractivity contribution in [2.45, 2.75) is 0 Å². The highest BCUT2D eigenvalue weighted by Gasteiger charge is 2.07. The van der Waals surface area contributed by atoms with Crippen LogP contribution in [0.5, 0.6) is 0 Å². The molecule has 0 aliphatic rings. The van der Waals surface area contributed by atoms with Crippen LogP contribution in [0.1, 0.15) is 5.56 Å². The van der Waals surface area contributed by atoms with Gasteiger partial charge in [-0.1, -0.05) is 23.7 Å². The van der Waals surface area contributed by atoms with Crippen LogP contribution in [0.2, 0.25) is 5.02 Å². The third kappa shape index (κ3) is 2.47. The number of anilines is 3. The molecular formula is C16H11ClN4. The Kier molecular flexibility index (Phi) is 3.35. The highest BCUT2D eigenvalue weighted by atomic mass is 35.5. The van der Waals surface area contributed by atoms with Gasteiger partial charge in [-0.3, -0.25) is 4.98 Å². The lowest BCUT2D eigenvalue weighted by molar-refractivity contribution is 1.40. The molecule has 0 aliphatic carbocycles. The van der Waals surface area contributed by atoms with Crippen LogP contribution < -0.4 is 11.1 Å². The number of nitrogens with zero attached hydrogens (tertiary/aromatic N) is 2. The van der Waals surface area contributed by atoms with Crippen LogP contribution in [0.3, 0.4) is 0 Å². The average molecular weight is 295 g/mol. The van der Waals surface area contributed by atoms with E-state index in [-0.39, 0.29) is 0 Å². The van der Waals surface area contributed by atoms with Crippen molar-refractivity contribution in [3.63, 3.8) is 0 Å². The van der Waals surface area contributed by atoms with Crippen molar-refractivity contribution >= 4 is 39.6 Å². The van der Waals surface area contributed by atoms with Crippen molar-refractivity contribution in [1.29, 1.82) is 5.26 Å². The third-order valence-corrected chi connectivity index (χ3v) is 3.50. The highest BCUT2D eigenvalue weighted by Crippen LogP contribution is 2.31. The van der Waals surface area contributed by atoms with Gasteiger partial charge in [-0.2, -0.15) is 5.26 Å². The minimum absolute atomic E-state index is 0.541. The first-order chi connectivity index (χ1) is 10.2. The van der Waals surface area contributed by atoms with Gasteiger partial charge in [-0.05, 0) is 30.3 Å². The molecule has 102 valence electrons. The van der Waals surface area contributed by atoms with Gasteiger partial charge in [-0.25, -0.2) is 0 Å². The van der Waals surface area contributed by atoms with E-state index in [1.165, 1.54) is 0 Å². The number of rotatable bonds is 2. The molecule has 3 N–H and O–H groups in total. The normalized spacial score (nSPS) is 10.3. The van der Waals surface area contributed by atoms with E-state index in [1.807, 2.05) is 24.3 Å². The van der Waals surface area contributed by atoms with Crippen molar-refractivity contribution in [3.8, 4) is 6.07 Å². The molecule has 0 saturated carbocycles. The Morgan fingerprint density at radius 3 is 2.81 bits per heavy atom. The van der Waals surface area contributed by atoms with Gasteiger partial charge >= 0.3 is 0 Å². The molecule has 0 atom stereocenters. The molecule has 4 nitrogen and oxygen atoms in total. The average Bonchev–Trinajstić information content (AvgIpc) is 2.50. The van der Waals surface area contributed by atoms with Gasteiger partial charge in [0, 0.05) is 17.3 Å². The minimum atomic E-state index is 0.541. The van der Waals surface area contributed by atoms with Crippen molar-refractivity contribution in [2.75, 3.05) is 11.1 Å². The van der Waals surface area contributed by atoms with E-state index in [0.717, 1.165) is 16.6 Å². The zero-order valence-corrected chi connectivity index (χ0v) is 11.7. The molecular weight excluding hydrogens is 284 g/mol.